The van der Waals surface area contributed by atoms with Crippen molar-refractivity contribution in [3.8, 4) is 0 Å². The van der Waals surface area contributed by atoms with Crippen LogP contribution in [-0.2, 0) is 9.53 Å². The predicted molar refractivity (Wildman–Crippen MR) is 81.5 cm³/mol. The largest absolute Gasteiger partial charge is 0.366 e. The fourth-order valence-electron chi connectivity index (χ4n) is 1.92. The van der Waals surface area contributed by atoms with Crippen molar-refractivity contribution in [3.05, 3.63) is 24.3 Å². The Hall–Kier alpha value is -2.08. The first-order valence-electron chi connectivity index (χ1n) is 6.94. The van der Waals surface area contributed by atoms with Gasteiger partial charge in [-0.25, -0.2) is 4.79 Å². The van der Waals surface area contributed by atoms with Crippen molar-refractivity contribution in [2.24, 2.45) is 0 Å². The third-order valence-electron chi connectivity index (χ3n) is 2.96. The highest BCUT2D eigenvalue weighted by Gasteiger charge is 2.20. The molecule has 1 aromatic carbocycles. The number of carbonyl (C=O) groups excluding carboxylic acids is 2. The van der Waals surface area contributed by atoms with E-state index in [1.54, 1.807) is 17.0 Å². The van der Waals surface area contributed by atoms with E-state index >= 15 is 0 Å². The predicted octanol–water partition coefficient (Wildman–Crippen LogP) is 1.97. The number of hydrogen-bond donors (Lipinski definition) is 2. The van der Waals surface area contributed by atoms with Crippen molar-refractivity contribution in [1.82, 2.24) is 5.32 Å². The van der Waals surface area contributed by atoms with Crippen molar-refractivity contribution in [2.45, 2.75) is 26.4 Å². The first-order chi connectivity index (χ1) is 9.85. The third-order valence-corrected chi connectivity index (χ3v) is 2.96. The average molecular weight is 291 g/mol. The lowest BCUT2D eigenvalue weighted by atomic mass is 10.2. The van der Waals surface area contributed by atoms with Crippen LogP contribution in [0.1, 0.15) is 20.8 Å². The van der Waals surface area contributed by atoms with Crippen LogP contribution >= 0.6 is 0 Å². The van der Waals surface area contributed by atoms with Gasteiger partial charge in [0.25, 0.3) is 0 Å². The van der Waals surface area contributed by atoms with E-state index in [1.165, 1.54) is 0 Å². The molecule has 0 aliphatic carbocycles. The van der Waals surface area contributed by atoms with Crippen LogP contribution < -0.4 is 15.5 Å². The topological polar surface area (TPSA) is 70.7 Å². The molecule has 1 aliphatic heterocycles. The third kappa shape index (κ3) is 4.46. The van der Waals surface area contributed by atoms with E-state index in [0.717, 1.165) is 5.69 Å². The quantitative estimate of drug-likeness (QED) is 0.891. The lowest BCUT2D eigenvalue weighted by molar-refractivity contribution is -0.125. The molecule has 2 N–H and O–H groups in total. The molecule has 2 rings (SSSR count). The van der Waals surface area contributed by atoms with Gasteiger partial charge in [0.15, 0.2) is 0 Å². The lowest BCUT2D eigenvalue weighted by Gasteiger charge is -2.19. The fraction of sp³-hybridized carbons (Fsp3) is 0.467. The summed E-state index contributed by atoms with van der Waals surface area (Å²) in [7, 11) is 0. The van der Waals surface area contributed by atoms with Crippen LogP contribution in [0.15, 0.2) is 24.3 Å². The second-order valence-electron chi connectivity index (χ2n) is 5.88. The number of benzene rings is 1. The Kier molecular flexibility index (Phi) is 4.47. The Morgan fingerprint density at radius 2 is 2.00 bits per heavy atom. The van der Waals surface area contributed by atoms with Gasteiger partial charge in [-0.2, -0.15) is 0 Å². The van der Waals surface area contributed by atoms with E-state index < -0.39 is 0 Å². The summed E-state index contributed by atoms with van der Waals surface area (Å²) >= 11 is 0. The lowest BCUT2D eigenvalue weighted by Crippen LogP contribution is -2.28. The minimum Gasteiger partial charge on any atom is -0.366 e. The summed E-state index contributed by atoms with van der Waals surface area (Å²) in [6.45, 7) is 7.02. The molecule has 0 radical (unpaired) electrons. The number of urea groups is 1. The Morgan fingerprint density at radius 3 is 2.52 bits per heavy atom. The standard InChI is InChI=1S/C15H21N3O3/c1-15(2,3)21-10-13(19)17-11-4-6-12(7-5-11)18-9-8-16-14(18)20/h4-7H,8-10H2,1-3H3,(H,16,20)(H,17,19). The molecule has 6 heteroatoms. The van der Waals surface area contributed by atoms with Crippen molar-refractivity contribution >= 4 is 23.3 Å². The Bertz CT molecular complexity index is 520. The molecule has 0 unspecified atom stereocenters. The second-order valence-corrected chi connectivity index (χ2v) is 5.88. The first-order valence-corrected chi connectivity index (χ1v) is 6.94. The zero-order chi connectivity index (χ0) is 15.5. The van der Waals surface area contributed by atoms with Crippen molar-refractivity contribution in [2.75, 3.05) is 29.9 Å². The summed E-state index contributed by atoms with van der Waals surface area (Å²) in [5, 5.41) is 5.51. The molecule has 0 bridgehead atoms. The molecule has 1 fully saturated rings. The zero-order valence-electron chi connectivity index (χ0n) is 12.6. The smallest absolute Gasteiger partial charge is 0.321 e. The average Bonchev–Trinajstić information content (AvgIpc) is 2.83. The van der Waals surface area contributed by atoms with Crippen molar-refractivity contribution in [1.29, 1.82) is 0 Å². The SMILES string of the molecule is CC(C)(C)OCC(=O)Nc1ccc(N2CCNC2=O)cc1. The molecule has 1 aromatic rings. The number of carbonyl (C=O) groups is 2. The van der Waals surface area contributed by atoms with Gasteiger partial charge >= 0.3 is 6.03 Å². The van der Waals surface area contributed by atoms with Gasteiger partial charge in [-0.3, -0.25) is 9.69 Å². The van der Waals surface area contributed by atoms with Crippen molar-refractivity contribution in [3.63, 3.8) is 0 Å². The molecule has 6 nitrogen and oxygen atoms in total. The van der Waals surface area contributed by atoms with E-state index in [4.69, 9.17) is 4.74 Å². The van der Waals surface area contributed by atoms with Gasteiger partial charge in [-0.05, 0) is 45.0 Å². The van der Waals surface area contributed by atoms with E-state index in [2.05, 4.69) is 10.6 Å². The van der Waals surface area contributed by atoms with Crippen LogP contribution in [0, 0.1) is 0 Å². The van der Waals surface area contributed by atoms with E-state index in [9.17, 15) is 9.59 Å². The van der Waals surface area contributed by atoms with Crippen LogP contribution in [0.5, 0.6) is 0 Å². The van der Waals surface area contributed by atoms with Gasteiger partial charge in [0.2, 0.25) is 5.91 Å². The molecule has 0 saturated carbocycles. The highest BCUT2D eigenvalue weighted by molar-refractivity contribution is 5.95. The first kappa shape index (κ1) is 15.3. The number of hydrogen-bond acceptors (Lipinski definition) is 3. The highest BCUT2D eigenvalue weighted by Crippen LogP contribution is 2.19. The number of ether oxygens (including phenoxy) is 1. The molecule has 1 heterocycles. The van der Waals surface area contributed by atoms with Gasteiger partial charge in [-0.1, -0.05) is 0 Å². The summed E-state index contributed by atoms with van der Waals surface area (Å²) in [5.74, 6) is -0.198. The van der Waals surface area contributed by atoms with E-state index in [-0.39, 0.29) is 24.1 Å². The number of nitrogens with one attached hydrogen (secondary N) is 2. The minimum atomic E-state index is -0.343. The summed E-state index contributed by atoms with van der Waals surface area (Å²) in [6.07, 6.45) is 0. The van der Waals surface area contributed by atoms with Crippen LogP contribution in [0.4, 0.5) is 16.2 Å². The normalized spacial score (nSPS) is 15.0. The Balaban J connectivity index is 1.90. The maximum Gasteiger partial charge on any atom is 0.321 e. The summed E-state index contributed by atoms with van der Waals surface area (Å²) < 4.78 is 5.41. The number of amides is 3. The summed E-state index contributed by atoms with van der Waals surface area (Å²) in [5.41, 5.74) is 1.15. The fourth-order valence-corrected chi connectivity index (χ4v) is 1.92. The van der Waals surface area contributed by atoms with Gasteiger partial charge < -0.3 is 15.4 Å². The van der Waals surface area contributed by atoms with E-state index in [1.807, 2.05) is 32.9 Å². The molecule has 21 heavy (non-hydrogen) atoms. The van der Waals surface area contributed by atoms with E-state index in [0.29, 0.717) is 18.8 Å². The van der Waals surface area contributed by atoms with Crippen LogP contribution in [0.3, 0.4) is 0 Å². The monoisotopic (exact) mass is 291 g/mol. The van der Waals surface area contributed by atoms with Crippen molar-refractivity contribution < 1.29 is 14.3 Å². The summed E-state index contributed by atoms with van der Waals surface area (Å²) in [4.78, 5) is 24.9. The van der Waals surface area contributed by atoms with Crippen LogP contribution in [0.2, 0.25) is 0 Å². The molecule has 0 atom stereocenters. The maximum atomic E-state index is 11.7. The van der Waals surface area contributed by atoms with Gasteiger partial charge in [0, 0.05) is 24.5 Å². The number of nitrogens with zero attached hydrogens (tertiary/aromatic N) is 1. The molecular weight excluding hydrogens is 270 g/mol. The minimum absolute atomic E-state index is 0.0137. The molecule has 3 amide bonds. The van der Waals surface area contributed by atoms with Crippen LogP contribution in [0.25, 0.3) is 0 Å². The highest BCUT2D eigenvalue weighted by atomic mass is 16.5. The maximum absolute atomic E-state index is 11.7. The Labute approximate surface area is 124 Å². The number of rotatable bonds is 4. The zero-order valence-corrected chi connectivity index (χ0v) is 12.6. The molecule has 0 spiro atoms. The van der Waals surface area contributed by atoms with Crippen LogP contribution in [-0.4, -0.2) is 37.2 Å². The molecule has 1 saturated heterocycles. The summed E-state index contributed by atoms with van der Waals surface area (Å²) in [6, 6.07) is 7.08. The number of anilines is 2. The van der Waals surface area contributed by atoms with Gasteiger partial charge in [0.05, 0.1) is 5.60 Å². The van der Waals surface area contributed by atoms with Gasteiger partial charge in [0.1, 0.15) is 6.61 Å². The second kappa shape index (κ2) is 6.13. The van der Waals surface area contributed by atoms with Gasteiger partial charge in [-0.15, -0.1) is 0 Å². The molecule has 1 aliphatic rings. The molecule has 0 aromatic heterocycles. The Morgan fingerprint density at radius 1 is 1.33 bits per heavy atom. The molecular formula is C15H21N3O3. The molecule has 114 valence electrons.